The first-order chi connectivity index (χ1) is 14.8. The van der Waals surface area contributed by atoms with Gasteiger partial charge in [-0.15, -0.1) is 23.4 Å². The summed E-state index contributed by atoms with van der Waals surface area (Å²) in [6.07, 6.45) is -0.704. The van der Waals surface area contributed by atoms with Gasteiger partial charge in [-0.1, -0.05) is 0 Å². The van der Waals surface area contributed by atoms with Crippen molar-refractivity contribution in [1.82, 2.24) is 19.6 Å². The number of nitrogens with zero attached hydrogens (tertiary/aromatic N) is 4. The normalized spacial score (nSPS) is 15.4. The maximum Gasteiger partial charge on any atom is 0.573 e. The molecule has 1 aromatic carbocycles. The van der Waals surface area contributed by atoms with Crippen molar-refractivity contribution in [2.24, 2.45) is 0 Å². The Morgan fingerprint density at radius 2 is 1.94 bits per heavy atom. The van der Waals surface area contributed by atoms with Crippen LogP contribution >= 0.6 is 0 Å². The molecule has 1 saturated heterocycles. The van der Waals surface area contributed by atoms with Crippen LogP contribution in [0.4, 0.5) is 27.9 Å². The average Bonchev–Trinajstić information content (AvgIpc) is 3.18. The molecule has 1 N–H and O–H groups in total. The van der Waals surface area contributed by atoms with E-state index in [4.69, 9.17) is 4.74 Å². The van der Waals surface area contributed by atoms with Gasteiger partial charge in [-0.3, -0.25) is 4.40 Å². The average molecular weight is 445 g/mol. The molecule has 1 aliphatic rings. The first kappa shape index (κ1) is 21.0. The molecule has 1 fully saturated rings. The number of hydrogen-bond donors (Lipinski definition) is 1. The SMILES string of the molecule is FC(F)Oc1ccc(-c2nnc(NC3CCOCC3)n3cncc23)c(OC(F)(F)F)c1. The van der Waals surface area contributed by atoms with Crippen molar-refractivity contribution < 1.29 is 36.2 Å². The van der Waals surface area contributed by atoms with E-state index in [9.17, 15) is 22.0 Å². The van der Waals surface area contributed by atoms with Gasteiger partial charge in [0.25, 0.3) is 0 Å². The van der Waals surface area contributed by atoms with Crippen LogP contribution in [0.3, 0.4) is 0 Å². The minimum absolute atomic E-state index is 0.0258. The molecular formula is C18H16F5N5O3. The number of aromatic nitrogens is 4. The van der Waals surface area contributed by atoms with E-state index in [-0.39, 0.29) is 17.3 Å². The molecule has 0 aliphatic carbocycles. The molecular weight excluding hydrogens is 429 g/mol. The molecule has 31 heavy (non-hydrogen) atoms. The third-order valence-corrected chi connectivity index (χ3v) is 4.57. The Kier molecular flexibility index (Phi) is 5.76. The third kappa shape index (κ3) is 4.93. The van der Waals surface area contributed by atoms with Crippen molar-refractivity contribution >= 4 is 11.5 Å². The minimum atomic E-state index is -5.06. The van der Waals surface area contributed by atoms with Crippen LogP contribution in [0, 0.1) is 0 Å². The molecule has 3 aromatic rings. The van der Waals surface area contributed by atoms with E-state index in [1.165, 1.54) is 12.5 Å². The van der Waals surface area contributed by atoms with Crippen molar-refractivity contribution in [3.63, 3.8) is 0 Å². The first-order valence-corrected chi connectivity index (χ1v) is 9.18. The molecule has 1 aliphatic heterocycles. The summed E-state index contributed by atoms with van der Waals surface area (Å²) in [5.41, 5.74) is 0.256. The minimum Gasteiger partial charge on any atom is -0.435 e. The Labute approximate surface area is 172 Å². The summed E-state index contributed by atoms with van der Waals surface area (Å²) >= 11 is 0. The number of ether oxygens (including phenoxy) is 3. The first-order valence-electron chi connectivity index (χ1n) is 9.18. The van der Waals surface area contributed by atoms with E-state index in [2.05, 4.69) is 30.0 Å². The van der Waals surface area contributed by atoms with Crippen LogP contribution in [-0.2, 0) is 4.74 Å². The van der Waals surface area contributed by atoms with Crippen molar-refractivity contribution in [1.29, 1.82) is 0 Å². The Bertz CT molecular complexity index is 1050. The zero-order chi connectivity index (χ0) is 22.0. The van der Waals surface area contributed by atoms with Crippen LogP contribution in [0.2, 0.25) is 0 Å². The number of imidazole rings is 1. The van der Waals surface area contributed by atoms with E-state index < -0.39 is 24.5 Å². The topological polar surface area (TPSA) is 82.8 Å². The van der Waals surface area contributed by atoms with Gasteiger partial charge in [0, 0.05) is 30.9 Å². The highest BCUT2D eigenvalue weighted by Crippen LogP contribution is 2.38. The van der Waals surface area contributed by atoms with Crippen LogP contribution in [0.5, 0.6) is 11.5 Å². The molecule has 0 saturated carbocycles. The zero-order valence-corrected chi connectivity index (χ0v) is 15.8. The lowest BCUT2D eigenvalue weighted by molar-refractivity contribution is -0.274. The highest BCUT2D eigenvalue weighted by Gasteiger charge is 2.33. The predicted molar refractivity (Wildman–Crippen MR) is 97.0 cm³/mol. The number of nitrogens with one attached hydrogen (secondary N) is 1. The predicted octanol–water partition coefficient (Wildman–Crippen LogP) is 3.88. The maximum absolute atomic E-state index is 12.9. The molecule has 0 atom stereocenters. The molecule has 0 spiro atoms. The number of rotatable bonds is 6. The number of alkyl halides is 5. The summed E-state index contributed by atoms with van der Waals surface area (Å²) < 4.78 is 78.8. The van der Waals surface area contributed by atoms with Crippen LogP contribution in [0.25, 0.3) is 16.8 Å². The molecule has 166 valence electrons. The number of benzene rings is 1. The molecule has 3 heterocycles. The van der Waals surface area contributed by atoms with Crippen LogP contribution < -0.4 is 14.8 Å². The number of anilines is 1. The fraction of sp³-hybridized carbons (Fsp3) is 0.389. The molecule has 13 heteroatoms. The lowest BCUT2D eigenvalue weighted by Gasteiger charge is -2.23. The van der Waals surface area contributed by atoms with Gasteiger partial charge in [-0.25, -0.2) is 4.98 Å². The van der Waals surface area contributed by atoms with E-state index in [0.29, 0.717) is 24.7 Å². The van der Waals surface area contributed by atoms with Crippen molar-refractivity contribution in [3.05, 3.63) is 30.7 Å². The summed E-state index contributed by atoms with van der Waals surface area (Å²) in [7, 11) is 0. The highest BCUT2D eigenvalue weighted by molar-refractivity contribution is 5.81. The van der Waals surface area contributed by atoms with Crippen LogP contribution in [0.15, 0.2) is 30.7 Å². The van der Waals surface area contributed by atoms with Gasteiger partial charge in [-0.05, 0) is 25.0 Å². The Balaban J connectivity index is 1.74. The van der Waals surface area contributed by atoms with Gasteiger partial charge in [0.1, 0.15) is 23.5 Å². The van der Waals surface area contributed by atoms with E-state index in [0.717, 1.165) is 31.0 Å². The van der Waals surface area contributed by atoms with Gasteiger partial charge < -0.3 is 19.5 Å². The molecule has 8 nitrogen and oxygen atoms in total. The fourth-order valence-corrected chi connectivity index (χ4v) is 3.23. The molecule has 4 rings (SSSR count). The molecule has 2 aromatic heterocycles. The molecule has 0 radical (unpaired) electrons. The van der Waals surface area contributed by atoms with E-state index in [1.807, 2.05) is 0 Å². The smallest absolute Gasteiger partial charge is 0.435 e. The van der Waals surface area contributed by atoms with E-state index in [1.54, 1.807) is 4.40 Å². The molecule has 0 bridgehead atoms. The zero-order valence-electron chi connectivity index (χ0n) is 15.8. The number of halogens is 5. The van der Waals surface area contributed by atoms with Gasteiger partial charge in [0.2, 0.25) is 5.95 Å². The van der Waals surface area contributed by atoms with Gasteiger partial charge in [0.15, 0.2) is 0 Å². The standard InChI is InChI=1S/C18H16F5N5O3/c19-16(20)30-11-1-2-12(14(7-11)31-18(21,22)23)15-13-8-24-9-28(13)17(27-26-15)25-10-3-5-29-6-4-10/h1-2,7-10,16H,3-6H2,(H,25,27). The lowest BCUT2D eigenvalue weighted by atomic mass is 10.1. The second-order valence-electron chi connectivity index (χ2n) is 6.64. The summed E-state index contributed by atoms with van der Waals surface area (Å²) in [5.74, 6) is -0.888. The Morgan fingerprint density at radius 1 is 1.16 bits per heavy atom. The Hall–Kier alpha value is -3.22. The van der Waals surface area contributed by atoms with Crippen LogP contribution in [0.1, 0.15) is 12.8 Å². The second kappa shape index (κ2) is 8.49. The summed E-state index contributed by atoms with van der Waals surface area (Å²) in [6.45, 7) is -2.01. The van der Waals surface area contributed by atoms with Crippen molar-refractivity contribution in [3.8, 4) is 22.8 Å². The monoisotopic (exact) mass is 445 g/mol. The fourth-order valence-electron chi connectivity index (χ4n) is 3.23. The van der Waals surface area contributed by atoms with E-state index >= 15 is 0 Å². The van der Waals surface area contributed by atoms with Gasteiger partial charge in [0.05, 0.1) is 11.7 Å². The molecule has 0 unspecified atom stereocenters. The number of hydrogen-bond acceptors (Lipinski definition) is 7. The van der Waals surface area contributed by atoms with Crippen molar-refractivity contribution in [2.75, 3.05) is 18.5 Å². The molecule has 0 amide bonds. The number of fused-ring (bicyclic) bond motifs is 1. The quantitative estimate of drug-likeness (QED) is 0.577. The summed E-state index contributed by atoms with van der Waals surface area (Å²) in [4.78, 5) is 4.03. The largest absolute Gasteiger partial charge is 0.573 e. The van der Waals surface area contributed by atoms with Gasteiger partial charge >= 0.3 is 13.0 Å². The third-order valence-electron chi connectivity index (χ3n) is 4.57. The van der Waals surface area contributed by atoms with Crippen molar-refractivity contribution in [2.45, 2.75) is 31.9 Å². The second-order valence-corrected chi connectivity index (χ2v) is 6.64. The lowest BCUT2D eigenvalue weighted by Crippen LogP contribution is -2.29. The summed E-state index contributed by atoms with van der Waals surface area (Å²) in [5, 5.41) is 11.4. The summed E-state index contributed by atoms with van der Waals surface area (Å²) in [6, 6.07) is 3.04. The Morgan fingerprint density at radius 3 is 2.65 bits per heavy atom. The highest BCUT2D eigenvalue weighted by atomic mass is 19.4. The van der Waals surface area contributed by atoms with Crippen LogP contribution in [-0.4, -0.2) is 51.8 Å². The van der Waals surface area contributed by atoms with Gasteiger partial charge in [-0.2, -0.15) is 8.78 Å². The maximum atomic E-state index is 12.9.